The number of carbonyl (C=O) groups is 1. The average molecular weight is 302 g/mol. The van der Waals surface area contributed by atoms with Crippen molar-refractivity contribution in [1.29, 1.82) is 0 Å². The third kappa shape index (κ3) is 2.92. The molecule has 22 heavy (non-hydrogen) atoms. The minimum absolute atomic E-state index is 0.216. The van der Waals surface area contributed by atoms with Crippen molar-refractivity contribution in [3.63, 3.8) is 0 Å². The third-order valence-electron chi connectivity index (χ3n) is 4.25. The van der Waals surface area contributed by atoms with Crippen LogP contribution < -0.4 is 4.90 Å². The van der Waals surface area contributed by atoms with E-state index in [9.17, 15) is 4.79 Å². The first-order chi connectivity index (χ1) is 10.7. The lowest BCUT2D eigenvalue weighted by Crippen LogP contribution is -2.47. The van der Waals surface area contributed by atoms with Crippen LogP contribution in [-0.2, 0) is 11.3 Å². The second-order valence-corrected chi connectivity index (χ2v) is 5.62. The van der Waals surface area contributed by atoms with Crippen molar-refractivity contribution in [2.24, 2.45) is 0 Å². The van der Waals surface area contributed by atoms with Gasteiger partial charge in [-0.2, -0.15) is 0 Å². The van der Waals surface area contributed by atoms with Crippen molar-refractivity contribution in [3.05, 3.63) is 24.3 Å². The molecule has 0 radical (unpaired) electrons. The van der Waals surface area contributed by atoms with Gasteiger partial charge < -0.3 is 14.6 Å². The van der Waals surface area contributed by atoms with Crippen LogP contribution >= 0.6 is 0 Å². The zero-order valence-corrected chi connectivity index (χ0v) is 12.9. The van der Waals surface area contributed by atoms with E-state index in [1.54, 1.807) is 0 Å². The van der Waals surface area contributed by atoms with Gasteiger partial charge in [0.25, 0.3) is 0 Å². The second kappa shape index (κ2) is 6.36. The summed E-state index contributed by atoms with van der Waals surface area (Å²) in [6.07, 6.45) is 0.216. The molecule has 1 aliphatic heterocycles. The van der Waals surface area contributed by atoms with E-state index in [-0.39, 0.29) is 6.42 Å². The molecule has 0 bridgehead atoms. The summed E-state index contributed by atoms with van der Waals surface area (Å²) in [7, 11) is 0. The van der Waals surface area contributed by atoms with Crippen molar-refractivity contribution >= 4 is 23.0 Å². The Labute approximate surface area is 130 Å². The number of rotatable bonds is 5. The highest BCUT2D eigenvalue weighted by atomic mass is 16.4. The SMILES string of the molecule is CCn1c(N2CCN(CCC(=O)O)CC2)nc2ccccc21. The number of piperazine rings is 1. The number of benzene rings is 1. The molecule has 1 aromatic heterocycles. The van der Waals surface area contributed by atoms with Gasteiger partial charge in [0, 0.05) is 39.3 Å². The number of carboxylic acids is 1. The summed E-state index contributed by atoms with van der Waals surface area (Å²) in [6, 6.07) is 8.22. The zero-order chi connectivity index (χ0) is 15.5. The molecule has 1 aliphatic rings. The minimum atomic E-state index is -0.727. The lowest BCUT2D eigenvalue weighted by Gasteiger charge is -2.35. The monoisotopic (exact) mass is 302 g/mol. The van der Waals surface area contributed by atoms with E-state index < -0.39 is 5.97 Å². The fourth-order valence-electron chi connectivity index (χ4n) is 3.04. The van der Waals surface area contributed by atoms with E-state index in [4.69, 9.17) is 10.1 Å². The van der Waals surface area contributed by atoms with E-state index in [0.717, 1.165) is 44.2 Å². The molecule has 2 heterocycles. The molecule has 1 saturated heterocycles. The number of imidazole rings is 1. The van der Waals surface area contributed by atoms with Gasteiger partial charge in [0.2, 0.25) is 5.95 Å². The number of aromatic nitrogens is 2. The molecule has 6 nitrogen and oxygen atoms in total. The Morgan fingerprint density at radius 2 is 1.95 bits per heavy atom. The second-order valence-electron chi connectivity index (χ2n) is 5.62. The summed E-state index contributed by atoms with van der Waals surface area (Å²) < 4.78 is 2.25. The van der Waals surface area contributed by atoms with Crippen molar-refractivity contribution in [3.8, 4) is 0 Å². The van der Waals surface area contributed by atoms with E-state index in [1.165, 1.54) is 5.52 Å². The summed E-state index contributed by atoms with van der Waals surface area (Å²) in [5.74, 6) is 0.303. The Hall–Kier alpha value is -2.08. The number of nitrogens with zero attached hydrogens (tertiary/aromatic N) is 4. The number of para-hydroxylation sites is 2. The van der Waals surface area contributed by atoms with Gasteiger partial charge >= 0.3 is 5.97 Å². The highest BCUT2D eigenvalue weighted by molar-refractivity contribution is 5.78. The van der Waals surface area contributed by atoms with Crippen LogP contribution in [0.5, 0.6) is 0 Å². The van der Waals surface area contributed by atoms with E-state index in [1.807, 2.05) is 18.2 Å². The quantitative estimate of drug-likeness (QED) is 0.910. The third-order valence-corrected chi connectivity index (χ3v) is 4.25. The van der Waals surface area contributed by atoms with Crippen LogP contribution in [0.2, 0.25) is 0 Å². The number of hydrogen-bond donors (Lipinski definition) is 1. The van der Waals surface area contributed by atoms with Crippen LogP contribution in [0.3, 0.4) is 0 Å². The molecule has 6 heteroatoms. The molecular formula is C16H22N4O2. The number of hydrogen-bond acceptors (Lipinski definition) is 4. The molecule has 0 atom stereocenters. The highest BCUT2D eigenvalue weighted by Gasteiger charge is 2.21. The first-order valence-electron chi connectivity index (χ1n) is 7.83. The van der Waals surface area contributed by atoms with Crippen LogP contribution in [-0.4, -0.2) is 58.3 Å². The first kappa shape index (κ1) is 14.8. The topological polar surface area (TPSA) is 61.6 Å². The van der Waals surface area contributed by atoms with Gasteiger partial charge in [-0.05, 0) is 19.1 Å². The van der Waals surface area contributed by atoms with Crippen molar-refractivity contribution < 1.29 is 9.90 Å². The van der Waals surface area contributed by atoms with Crippen LogP contribution in [0.15, 0.2) is 24.3 Å². The molecule has 1 aromatic carbocycles. The standard InChI is InChI=1S/C16H22N4O2/c1-2-20-14-6-4-3-5-13(14)17-16(20)19-11-9-18(10-12-19)8-7-15(21)22/h3-6H,2,7-12H2,1H3,(H,21,22). The molecule has 1 N–H and O–H groups in total. The van der Waals surface area contributed by atoms with E-state index in [0.29, 0.717) is 6.54 Å². The Kier molecular flexibility index (Phi) is 4.29. The van der Waals surface area contributed by atoms with Crippen molar-refractivity contribution in [2.75, 3.05) is 37.6 Å². The van der Waals surface area contributed by atoms with Gasteiger partial charge in [-0.1, -0.05) is 12.1 Å². The Morgan fingerprint density at radius 1 is 1.23 bits per heavy atom. The highest BCUT2D eigenvalue weighted by Crippen LogP contribution is 2.23. The molecule has 0 amide bonds. The van der Waals surface area contributed by atoms with Crippen LogP contribution in [0.1, 0.15) is 13.3 Å². The largest absolute Gasteiger partial charge is 0.481 e. The van der Waals surface area contributed by atoms with Crippen molar-refractivity contribution in [1.82, 2.24) is 14.5 Å². The van der Waals surface area contributed by atoms with E-state index >= 15 is 0 Å². The molecule has 1 fully saturated rings. The fraction of sp³-hybridized carbons (Fsp3) is 0.500. The van der Waals surface area contributed by atoms with Gasteiger partial charge in [-0.3, -0.25) is 9.69 Å². The van der Waals surface area contributed by atoms with Gasteiger partial charge in [-0.25, -0.2) is 4.98 Å². The number of fused-ring (bicyclic) bond motifs is 1. The predicted molar refractivity (Wildman–Crippen MR) is 86.3 cm³/mol. The molecule has 0 aliphatic carbocycles. The lowest BCUT2D eigenvalue weighted by atomic mass is 10.3. The molecule has 2 aromatic rings. The van der Waals surface area contributed by atoms with Gasteiger partial charge in [-0.15, -0.1) is 0 Å². The Morgan fingerprint density at radius 3 is 2.64 bits per heavy atom. The molecule has 0 spiro atoms. The van der Waals surface area contributed by atoms with Crippen LogP contribution in [0.4, 0.5) is 5.95 Å². The smallest absolute Gasteiger partial charge is 0.304 e. The van der Waals surface area contributed by atoms with Crippen LogP contribution in [0, 0.1) is 0 Å². The van der Waals surface area contributed by atoms with Crippen LogP contribution in [0.25, 0.3) is 11.0 Å². The predicted octanol–water partition coefficient (Wildman–Crippen LogP) is 1.65. The summed E-state index contributed by atoms with van der Waals surface area (Å²) in [5, 5.41) is 8.77. The number of anilines is 1. The maximum Gasteiger partial charge on any atom is 0.304 e. The molecule has 3 rings (SSSR count). The lowest BCUT2D eigenvalue weighted by molar-refractivity contribution is -0.137. The first-order valence-corrected chi connectivity index (χ1v) is 7.83. The van der Waals surface area contributed by atoms with Gasteiger partial charge in [0.05, 0.1) is 17.5 Å². The summed E-state index contributed by atoms with van der Waals surface area (Å²) in [4.78, 5) is 20.0. The number of carboxylic acid groups (broad SMARTS) is 1. The molecule has 0 saturated carbocycles. The molecule has 0 unspecified atom stereocenters. The average Bonchev–Trinajstić information content (AvgIpc) is 2.92. The Bertz CT molecular complexity index is 659. The van der Waals surface area contributed by atoms with Gasteiger partial charge in [0.15, 0.2) is 0 Å². The van der Waals surface area contributed by atoms with Crippen molar-refractivity contribution in [2.45, 2.75) is 19.9 Å². The van der Waals surface area contributed by atoms with E-state index in [2.05, 4.69) is 27.4 Å². The molecule has 118 valence electrons. The normalized spacial score (nSPS) is 16.3. The summed E-state index contributed by atoms with van der Waals surface area (Å²) in [6.45, 7) is 7.23. The zero-order valence-electron chi connectivity index (χ0n) is 12.9. The minimum Gasteiger partial charge on any atom is -0.481 e. The number of aryl methyl sites for hydroxylation is 1. The summed E-state index contributed by atoms with van der Waals surface area (Å²) >= 11 is 0. The fourth-order valence-corrected chi connectivity index (χ4v) is 3.04. The van der Waals surface area contributed by atoms with Gasteiger partial charge in [0.1, 0.15) is 0 Å². The number of aliphatic carboxylic acids is 1. The maximum atomic E-state index is 10.7. The maximum absolute atomic E-state index is 10.7. The Balaban J connectivity index is 1.72. The molecular weight excluding hydrogens is 280 g/mol. The summed E-state index contributed by atoms with van der Waals surface area (Å²) in [5.41, 5.74) is 2.21.